The quantitative estimate of drug-likeness (QED) is 0.480. The van der Waals surface area contributed by atoms with Gasteiger partial charge in [0.15, 0.2) is 5.78 Å². The summed E-state index contributed by atoms with van der Waals surface area (Å²) in [6.45, 7) is 7.64. The first kappa shape index (κ1) is 14.5. The highest BCUT2D eigenvalue weighted by Gasteiger charge is 2.52. The van der Waals surface area contributed by atoms with Crippen LogP contribution in [-0.4, -0.2) is 18.4 Å². The molecule has 0 saturated carbocycles. The summed E-state index contributed by atoms with van der Waals surface area (Å²) in [6.07, 6.45) is 2.86. The van der Waals surface area contributed by atoms with E-state index in [9.17, 15) is 9.59 Å². The van der Waals surface area contributed by atoms with Crippen molar-refractivity contribution in [3.63, 3.8) is 0 Å². The first-order valence-electron chi connectivity index (χ1n) is 7.00. The fourth-order valence-electron chi connectivity index (χ4n) is 2.92. The number of allylic oxidation sites excluding steroid dienone is 1. The summed E-state index contributed by atoms with van der Waals surface area (Å²) < 4.78 is 5.19. The normalized spacial score (nSPS) is 22.8. The fourth-order valence-corrected chi connectivity index (χ4v) is 2.92. The molecule has 20 heavy (non-hydrogen) atoms. The Morgan fingerprint density at radius 2 is 2.20 bits per heavy atom. The van der Waals surface area contributed by atoms with Crippen LogP contribution in [0.15, 0.2) is 36.9 Å². The molecule has 2 rings (SSSR count). The van der Waals surface area contributed by atoms with Gasteiger partial charge < -0.3 is 4.74 Å². The third kappa shape index (κ3) is 2.07. The van der Waals surface area contributed by atoms with Gasteiger partial charge in [-0.15, -0.1) is 6.58 Å². The van der Waals surface area contributed by atoms with Gasteiger partial charge in [0.05, 0.1) is 6.61 Å². The van der Waals surface area contributed by atoms with Crippen LogP contribution in [0.25, 0.3) is 0 Å². The topological polar surface area (TPSA) is 43.4 Å². The first-order chi connectivity index (χ1) is 9.57. The molecule has 3 nitrogen and oxygen atoms in total. The maximum Gasteiger partial charge on any atom is 0.320 e. The van der Waals surface area contributed by atoms with Gasteiger partial charge in [0.25, 0.3) is 0 Å². The number of hydrogen-bond acceptors (Lipinski definition) is 3. The fraction of sp³-hybridized carbons (Fsp3) is 0.412. The number of ether oxygens (including phenoxy) is 1. The van der Waals surface area contributed by atoms with Crippen molar-refractivity contribution >= 4 is 11.8 Å². The maximum absolute atomic E-state index is 12.9. The van der Waals surface area contributed by atoms with E-state index in [4.69, 9.17) is 4.74 Å². The van der Waals surface area contributed by atoms with E-state index in [0.29, 0.717) is 18.4 Å². The van der Waals surface area contributed by atoms with Gasteiger partial charge >= 0.3 is 5.97 Å². The highest BCUT2D eigenvalue weighted by molar-refractivity contribution is 6.14. The van der Waals surface area contributed by atoms with E-state index in [2.05, 4.69) is 6.58 Å². The van der Waals surface area contributed by atoms with Crippen LogP contribution in [0.4, 0.5) is 0 Å². The lowest BCUT2D eigenvalue weighted by molar-refractivity contribution is -0.154. The van der Waals surface area contributed by atoms with Crippen molar-refractivity contribution in [2.75, 3.05) is 6.61 Å². The number of carbonyl (C=O) groups is 2. The predicted octanol–water partition coefficient (Wildman–Crippen LogP) is 3.19. The minimum Gasteiger partial charge on any atom is -0.465 e. The molecule has 0 aromatic heterocycles. The van der Waals surface area contributed by atoms with Crippen LogP contribution in [0.2, 0.25) is 0 Å². The van der Waals surface area contributed by atoms with Gasteiger partial charge in [-0.05, 0) is 31.2 Å². The number of ketones is 1. The molecule has 0 amide bonds. The molecule has 0 radical (unpaired) electrons. The summed E-state index contributed by atoms with van der Waals surface area (Å²) in [6, 6.07) is 7.48. The molecule has 1 aliphatic rings. The monoisotopic (exact) mass is 272 g/mol. The standard InChI is InChI=1S/C17H20O3/c1-4-12(3)17(16(19)20-5-2)11-10-13-8-6-7-9-14(13)15(17)18/h4,6-9,12H,1,5,10-11H2,2-3H3/t12-,17-/m0/s1. The molecule has 0 bridgehead atoms. The molecule has 0 saturated heterocycles. The van der Waals surface area contributed by atoms with E-state index in [1.54, 1.807) is 19.1 Å². The summed E-state index contributed by atoms with van der Waals surface area (Å²) in [5.74, 6) is -0.806. The van der Waals surface area contributed by atoms with Gasteiger partial charge in [-0.3, -0.25) is 9.59 Å². The number of rotatable bonds is 4. The van der Waals surface area contributed by atoms with E-state index >= 15 is 0 Å². The Hall–Kier alpha value is -1.90. The molecule has 1 aromatic rings. The van der Waals surface area contributed by atoms with Gasteiger partial charge in [0, 0.05) is 5.56 Å². The van der Waals surface area contributed by atoms with Crippen LogP contribution in [0.5, 0.6) is 0 Å². The Kier molecular flexibility index (Phi) is 4.07. The van der Waals surface area contributed by atoms with E-state index < -0.39 is 11.4 Å². The molecule has 1 aliphatic carbocycles. The zero-order valence-electron chi connectivity index (χ0n) is 12.0. The Labute approximate surface area is 119 Å². The first-order valence-corrected chi connectivity index (χ1v) is 7.00. The summed E-state index contributed by atoms with van der Waals surface area (Å²) in [5, 5.41) is 0. The number of fused-ring (bicyclic) bond motifs is 1. The lowest BCUT2D eigenvalue weighted by Gasteiger charge is -2.37. The molecule has 0 unspecified atom stereocenters. The minimum absolute atomic E-state index is 0.134. The number of carbonyl (C=O) groups excluding carboxylic acids is 2. The number of benzene rings is 1. The van der Waals surface area contributed by atoms with Gasteiger partial charge in [0.2, 0.25) is 0 Å². The molecule has 106 valence electrons. The second-order valence-corrected chi connectivity index (χ2v) is 5.20. The molecule has 0 N–H and O–H groups in total. The molecule has 0 aliphatic heterocycles. The van der Waals surface area contributed by atoms with Crippen molar-refractivity contribution in [3.8, 4) is 0 Å². The van der Waals surface area contributed by atoms with Crippen LogP contribution >= 0.6 is 0 Å². The van der Waals surface area contributed by atoms with Crippen molar-refractivity contribution in [3.05, 3.63) is 48.0 Å². The summed E-state index contributed by atoms with van der Waals surface area (Å²) in [4.78, 5) is 25.4. The van der Waals surface area contributed by atoms with Crippen molar-refractivity contribution in [2.45, 2.75) is 26.7 Å². The van der Waals surface area contributed by atoms with Gasteiger partial charge in [-0.1, -0.05) is 37.3 Å². The van der Waals surface area contributed by atoms with Crippen LogP contribution in [0.1, 0.15) is 36.2 Å². The zero-order valence-corrected chi connectivity index (χ0v) is 12.0. The van der Waals surface area contributed by atoms with Crippen molar-refractivity contribution < 1.29 is 14.3 Å². The third-order valence-corrected chi connectivity index (χ3v) is 4.23. The predicted molar refractivity (Wildman–Crippen MR) is 77.5 cm³/mol. The molecular weight excluding hydrogens is 252 g/mol. The Morgan fingerprint density at radius 3 is 2.85 bits per heavy atom. The lowest BCUT2D eigenvalue weighted by Crippen LogP contribution is -2.48. The number of Topliss-reactive ketones (excluding diaryl/α,β-unsaturated/α-hetero) is 1. The molecule has 2 atom stereocenters. The van der Waals surface area contributed by atoms with Crippen molar-refractivity contribution in [1.82, 2.24) is 0 Å². The number of aryl methyl sites for hydroxylation is 1. The van der Waals surface area contributed by atoms with Gasteiger partial charge in [0.1, 0.15) is 5.41 Å². The van der Waals surface area contributed by atoms with Crippen molar-refractivity contribution in [2.24, 2.45) is 11.3 Å². The Balaban J connectivity index is 2.52. The van der Waals surface area contributed by atoms with Crippen LogP contribution in [0, 0.1) is 11.3 Å². The molecule has 0 spiro atoms. The number of hydrogen-bond donors (Lipinski definition) is 0. The van der Waals surface area contributed by atoms with Crippen LogP contribution < -0.4 is 0 Å². The van der Waals surface area contributed by atoms with E-state index in [1.165, 1.54) is 0 Å². The highest BCUT2D eigenvalue weighted by atomic mass is 16.5. The van der Waals surface area contributed by atoms with E-state index in [-0.39, 0.29) is 18.3 Å². The summed E-state index contributed by atoms with van der Waals surface area (Å²) in [7, 11) is 0. The molecule has 0 fully saturated rings. The molecular formula is C17H20O3. The van der Waals surface area contributed by atoms with Crippen molar-refractivity contribution in [1.29, 1.82) is 0 Å². The lowest BCUT2D eigenvalue weighted by atomic mass is 9.64. The van der Waals surface area contributed by atoms with Gasteiger partial charge in [-0.25, -0.2) is 0 Å². The third-order valence-electron chi connectivity index (χ3n) is 4.23. The number of esters is 1. The summed E-state index contributed by atoms with van der Waals surface area (Å²) >= 11 is 0. The average Bonchev–Trinajstić information content (AvgIpc) is 2.47. The largest absolute Gasteiger partial charge is 0.465 e. The molecule has 0 heterocycles. The Bertz CT molecular complexity index is 547. The SMILES string of the molecule is C=C[C@H](C)[C@@]1(C(=O)OCC)CCc2ccccc2C1=O. The average molecular weight is 272 g/mol. The maximum atomic E-state index is 12.9. The van der Waals surface area contributed by atoms with E-state index in [0.717, 1.165) is 5.56 Å². The minimum atomic E-state index is -1.12. The summed E-state index contributed by atoms with van der Waals surface area (Å²) in [5.41, 5.74) is 0.528. The van der Waals surface area contributed by atoms with Gasteiger partial charge in [-0.2, -0.15) is 0 Å². The highest BCUT2D eigenvalue weighted by Crippen LogP contribution is 2.43. The smallest absolute Gasteiger partial charge is 0.320 e. The van der Waals surface area contributed by atoms with Crippen LogP contribution in [0.3, 0.4) is 0 Å². The molecule has 3 heteroatoms. The second kappa shape index (κ2) is 5.61. The van der Waals surface area contributed by atoms with E-state index in [1.807, 2.05) is 25.1 Å². The molecule has 1 aromatic carbocycles. The van der Waals surface area contributed by atoms with Crippen LogP contribution in [-0.2, 0) is 16.0 Å². The Morgan fingerprint density at radius 1 is 1.50 bits per heavy atom. The second-order valence-electron chi connectivity index (χ2n) is 5.20. The zero-order chi connectivity index (χ0) is 14.8.